The van der Waals surface area contributed by atoms with E-state index in [-0.39, 0.29) is 18.9 Å². The maximum absolute atomic E-state index is 14.3. The van der Waals surface area contributed by atoms with Crippen molar-refractivity contribution < 1.29 is 47.3 Å². The lowest BCUT2D eigenvalue weighted by Gasteiger charge is -2.23. The van der Waals surface area contributed by atoms with Crippen molar-refractivity contribution in [1.29, 1.82) is 0 Å². The van der Waals surface area contributed by atoms with Gasteiger partial charge in [0.25, 0.3) is 0 Å². The van der Waals surface area contributed by atoms with E-state index < -0.39 is 56.4 Å². The molecule has 1 amide bonds. The first-order valence-corrected chi connectivity index (χ1v) is 15.5. The van der Waals surface area contributed by atoms with E-state index in [9.17, 15) is 23.3 Å². The standard InChI is InChI=1S/C28H34ClFNO9P/c1-18(39-28(34)40-23-5-3-2-4-6-23)38-27(33)17-22(31-26(32)13-14-41(35,36)37)15-19-7-9-20(10-8-19)24-16-21(29)11-12-25(24)30/h7-12,16,18,22-23H,2-6,13-15,17H2,1H3,(H,31,32)(H2,35,36,37). The molecule has 0 aliphatic heterocycles. The van der Waals surface area contributed by atoms with Crippen LogP contribution in [-0.2, 0) is 34.8 Å². The Morgan fingerprint density at radius 1 is 1.07 bits per heavy atom. The van der Waals surface area contributed by atoms with Gasteiger partial charge in [-0.05, 0) is 61.4 Å². The predicted octanol–water partition coefficient (Wildman–Crippen LogP) is 5.51. The summed E-state index contributed by atoms with van der Waals surface area (Å²) in [7, 11) is -4.40. The van der Waals surface area contributed by atoms with Crippen molar-refractivity contribution >= 4 is 37.2 Å². The van der Waals surface area contributed by atoms with Crippen LogP contribution in [0.5, 0.6) is 0 Å². The second-order valence-electron chi connectivity index (χ2n) is 9.94. The molecule has 2 aromatic carbocycles. The number of halogens is 2. The van der Waals surface area contributed by atoms with Crippen LogP contribution in [0.1, 0.15) is 57.4 Å². The number of hydrogen-bond acceptors (Lipinski definition) is 7. The van der Waals surface area contributed by atoms with Gasteiger partial charge >= 0.3 is 19.7 Å². The Kier molecular flexibility index (Phi) is 12.1. The maximum atomic E-state index is 14.3. The van der Waals surface area contributed by atoms with E-state index in [1.165, 1.54) is 25.1 Å². The molecule has 3 N–H and O–H groups in total. The number of carbonyl (C=O) groups is 3. The highest BCUT2D eigenvalue weighted by Gasteiger charge is 2.24. The van der Waals surface area contributed by atoms with Gasteiger partial charge in [-0.3, -0.25) is 14.2 Å². The van der Waals surface area contributed by atoms with Crippen molar-refractivity contribution in [2.45, 2.75) is 76.7 Å². The molecule has 224 valence electrons. The van der Waals surface area contributed by atoms with Crippen LogP contribution >= 0.6 is 19.2 Å². The maximum Gasteiger partial charge on any atom is 0.511 e. The topological polar surface area (TPSA) is 148 Å². The van der Waals surface area contributed by atoms with Crippen LogP contribution < -0.4 is 5.32 Å². The SMILES string of the molecule is CC(OC(=O)CC(Cc1ccc(-c2cc(Cl)ccc2F)cc1)NC(=O)CCP(=O)(O)O)OC(=O)OC1CCCCC1. The van der Waals surface area contributed by atoms with Crippen molar-refractivity contribution in [3.8, 4) is 11.1 Å². The number of esters is 1. The van der Waals surface area contributed by atoms with E-state index in [0.717, 1.165) is 32.1 Å². The Bertz CT molecular complexity index is 1250. The van der Waals surface area contributed by atoms with Gasteiger partial charge in [0.15, 0.2) is 0 Å². The fraction of sp³-hybridized carbons (Fsp3) is 0.464. The lowest BCUT2D eigenvalue weighted by atomic mass is 9.98. The minimum Gasteiger partial charge on any atom is -0.431 e. The molecule has 0 saturated heterocycles. The van der Waals surface area contributed by atoms with E-state index in [1.807, 2.05) is 0 Å². The average molecular weight is 614 g/mol. The molecule has 1 saturated carbocycles. The van der Waals surface area contributed by atoms with Gasteiger partial charge in [0.05, 0.1) is 12.6 Å². The highest BCUT2D eigenvalue weighted by molar-refractivity contribution is 7.51. The number of rotatable bonds is 12. The molecule has 13 heteroatoms. The van der Waals surface area contributed by atoms with Crippen molar-refractivity contribution in [2.24, 2.45) is 0 Å². The van der Waals surface area contributed by atoms with Crippen LogP contribution in [0.15, 0.2) is 42.5 Å². The number of benzene rings is 2. The Morgan fingerprint density at radius 2 is 1.76 bits per heavy atom. The normalized spacial score (nSPS) is 15.4. The summed E-state index contributed by atoms with van der Waals surface area (Å²) in [6, 6.07) is 10.1. The quantitative estimate of drug-likeness (QED) is 0.160. The van der Waals surface area contributed by atoms with E-state index in [2.05, 4.69) is 5.32 Å². The minimum absolute atomic E-state index is 0.147. The molecule has 0 bridgehead atoms. The van der Waals surface area contributed by atoms with Crippen LogP contribution in [0.25, 0.3) is 11.1 Å². The lowest BCUT2D eigenvalue weighted by molar-refractivity contribution is -0.169. The fourth-order valence-electron chi connectivity index (χ4n) is 4.49. The molecular formula is C28H34ClFNO9P. The Labute approximate surface area is 242 Å². The fourth-order valence-corrected chi connectivity index (χ4v) is 5.15. The summed E-state index contributed by atoms with van der Waals surface area (Å²) in [5, 5.41) is 2.98. The molecule has 0 heterocycles. The molecule has 2 aromatic rings. The third-order valence-electron chi connectivity index (χ3n) is 6.46. The molecule has 2 atom stereocenters. The van der Waals surface area contributed by atoms with Gasteiger partial charge in [-0.15, -0.1) is 0 Å². The molecule has 10 nitrogen and oxygen atoms in total. The van der Waals surface area contributed by atoms with Gasteiger partial charge in [-0.2, -0.15) is 0 Å². The second-order valence-corrected chi connectivity index (χ2v) is 12.1. The van der Waals surface area contributed by atoms with Gasteiger partial charge in [0, 0.05) is 30.0 Å². The zero-order valence-electron chi connectivity index (χ0n) is 22.6. The summed E-state index contributed by atoms with van der Waals surface area (Å²) >= 11 is 5.99. The summed E-state index contributed by atoms with van der Waals surface area (Å²) in [6.07, 6.45) is 0.841. The monoisotopic (exact) mass is 613 g/mol. The first-order valence-electron chi connectivity index (χ1n) is 13.3. The Balaban J connectivity index is 1.62. The summed E-state index contributed by atoms with van der Waals surface area (Å²) in [4.78, 5) is 55.3. The molecule has 3 rings (SSSR count). The van der Waals surface area contributed by atoms with Crippen molar-refractivity contribution in [1.82, 2.24) is 5.32 Å². The third-order valence-corrected chi connectivity index (χ3v) is 7.50. The average Bonchev–Trinajstić information content (AvgIpc) is 2.89. The predicted molar refractivity (Wildman–Crippen MR) is 149 cm³/mol. The van der Waals surface area contributed by atoms with Crippen LogP contribution in [0.4, 0.5) is 9.18 Å². The van der Waals surface area contributed by atoms with E-state index in [1.54, 1.807) is 24.3 Å². The first-order chi connectivity index (χ1) is 19.4. The van der Waals surface area contributed by atoms with Gasteiger partial charge < -0.3 is 29.3 Å². The highest BCUT2D eigenvalue weighted by atomic mass is 35.5. The number of carbonyl (C=O) groups excluding carboxylic acids is 3. The molecule has 0 spiro atoms. The molecule has 1 aliphatic carbocycles. The molecule has 41 heavy (non-hydrogen) atoms. The summed E-state index contributed by atoms with van der Waals surface area (Å²) in [5.41, 5.74) is 1.57. The summed E-state index contributed by atoms with van der Waals surface area (Å²) in [5.74, 6) is -1.89. The molecular weight excluding hydrogens is 580 g/mol. The molecule has 1 fully saturated rings. The van der Waals surface area contributed by atoms with Crippen molar-refractivity contribution in [3.05, 3.63) is 58.9 Å². The van der Waals surface area contributed by atoms with E-state index >= 15 is 0 Å². The zero-order chi connectivity index (χ0) is 30.0. The summed E-state index contributed by atoms with van der Waals surface area (Å²) in [6.45, 7) is 1.36. The lowest BCUT2D eigenvalue weighted by Crippen LogP contribution is -2.39. The first kappa shape index (κ1) is 32.5. The van der Waals surface area contributed by atoms with Gasteiger partial charge in [0.2, 0.25) is 12.2 Å². The summed E-state index contributed by atoms with van der Waals surface area (Å²) < 4.78 is 40.9. The zero-order valence-corrected chi connectivity index (χ0v) is 24.2. The molecule has 1 aliphatic rings. The van der Waals surface area contributed by atoms with Gasteiger partial charge in [-0.25, -0.2) is 9.18 Å². The Morgan fingerprint density at radius 3 is 2.41 bits per heavy atom. The minimum atomic E-state index is -4.40. The van der Waals surface area contributed by atoms with Crippen LogP contribution in [-0.4, -0.2) is 52.4 Å². The van der Waals surface area contributed by atoms with Crippen molar-refractivity contribution in [2.75, 3.05) is 6.16 Å². The van der Waals surface area contributed by atoms with E-state index in [0.29, 0.717) is 21.7 Å². The largest absolute Gasteiger partial charge is 0.511 e. The number of hydrogen-bond donors (Lipinski definition) is 3. The Hall–Kier alpha value is -2.98. The highest BCUT2D eigenvalue weighted by Crippen LogP contribution is 2.34. The number of ether oxygens (including phenoxy) is 3. The van der Waals surface area contributed by atoms with Gasteiger partial charge in [0.1, 0.15) is 11.9 Å². The second kappa shape index (κ2) is 15.3. The third kappa shape index (κ3) is 11.8. The van der Waals surface area contributed by atoms with Gasteiger partial charge in [-0.1, -0.05) is 42.3 Å². The molecule has 0 radical (unpaired) electrons. The van der Waals surface area contributed by atoms with Crippen LogP contribution in [0.2, 0.25) is 5.02 Å². The number of amides is 1. The molecule has 0 aromatic heterocycles. The number of nitrogens with one attached hydrogen (secondary N) is 1. The van der Waals surface area contributed by atoms with Crippen LogP contribution in [0, 0.1) is 5.82 Å². The van der Waals surface area contributed by atoms with E-state index in [4.69, 9.17) is 35.6 Å². The molecule has 2 unspecified atom stereocenters. The smallest absolute Gasteiger partial charge is 0.431 e. The van der Waals surface area contributed by atoms with Crippen molar-refractivity contribution in [3.63, 3.8) is 0 Å². The van der Waals surface area contributed by atoms with Crippen LogP contribution in [0.3, 0.4) is 0 Å².